The number of para-hydroxylation sites is 1. The van der Waals surface area contributed by atoms with Crippen LogP contribution in [0, 0.1) is 6.92 Å². The van der Waals surface area contributed by atoms with Gasteiger partial charge in [0.2, 0.25) is 11.8 Å². The van der Waals surface area contributed by atoms with Crippen LogP contribution in [0.3, 0.4) is 0 Å². The molecule has 0 aliphatic carbocycles. The van der Waals surface area contributed by atoms with E-state index in [-0.39, 0.29) is 12.3 Å². The first-order valence-electron chi connectivity index (χ1n) is 8.12. The quantitative estimate of drug-likeness (QED) is 0.738. The van der Waals surface area contributed by atoms with Crippen molar-refractivity contribution in [3.63, 3.8) is 0 Å². The minimum absolute atomic E-state index is 0.0657. The lowest BCUT2D eigenvalue weighted by Gasteiger charge is -2.16. The van der Waals surface area contributed by atoms with Crippen molar-refractivity contribution in [1.29, 1.82) is 0 Å². The van der Waals surface area contributed by atoms with Crippen LogP contribution in [0.1, 0.15) is 17.0 Å². The fourth-order valence-electron chi connectivity index (χ4n) is 3.13. The molecule has 0 bridgehead atoms. The van der Waals surface area contributed by atoms with Gasteiger partial charge in [-0.15, -0.1) is 0 Å². The highest BCUT2D eigenvalue weighted by Crippen LogP contribution is 2.28. The maximum Gasteiger partial charge on any atom is 0.233 e. The first-order chi connectivity index (χ1) is 11.7. The number of carbonyl (C=O) groups excluding carboxylic acids is 1. The van der Waals surface area contributed by atoms with Gasteiger partial charge in [-0.2, -0.15) is 0 Å². The molecule has 4 rings (SSSR count). The summed E-state index contributed by atoms with van der Waals surface area (Å²) in [6, 6.07) is 17.8. The summed E-state index contributed by atoms with van der Waals surface area (Å²) in [5, 5.41) is 0. The minimum atomic E-state index is 0.0657. The third kappa shape index (κ3) is 2.60. The van der Waals surface area contributed by atoms with Crippen LogP contribution in [0.4, 0.5) is 5.69 Å². The summed E-state index contributed by atoms with van der Waals surface area (Å²) in [7, 11) is 0. The number of nitrogens with zero attached hydrogens (tertiary/aromatic N) is 2. The number of rotatable bonds is 3. The summed E-state index contributed by atoms with van der Waals surface area (Å²) in [6.07, 6.45) is 1.17. The number of benzene rings is 2. The summed E-state index contributed by atoms with van der Waals surface area (Å²) in [4.78, 5) is 19.1. The second-order valence-electron chi connectivity index (χ2n) is 5.99. The lowest BCUT2D eigenvalue weighted by atomic mass is 10.2. The summed E-state index contributed by atoms with van der Waals surface area (Å²) < 4.78 is 5.75. The van der Waals surface area contributed by atoms with E-state index in [1.807, 2.05) is 60.4 Å². The number of amides is 1. The molecule has 3 aromatic rings. The van der Waals surface area contributed by atoms with Gasteiger partial charge in [0, 0.05) is 17.8 Å². The molecular formula is C20H18N2O2. The first-order valence-corrected chi connectivity index (χ1v) is 8.12. The number of anilines is 1. The molecule has 0 fully saturated rings. The molecule has 1 amide bonds. The van der Waals surface area contributed by atoms with Crippen molar-refractivity contribution in [3.05, 3.63) is 71.6 Å². The molecule has 4 nitrogen and oxygen atoms in total. The van der Waals surface area contributed by atoms with Crippen molar-refractivity contribution in [2.45, 2.75) is 19.8 Å². The lowest BCUT2D eigenvalue weighted by molar-refractivity contribution is -0.117. The fourth-order valence-corrected chi connectivity index (χ4v) is 3.13. The molecule has 1 aliphatic rings. The highest BCUT2D eigenvalue weighted by Gasteiger charge is 2.25. The third-order valence-electron chi connectivity index (χ3n) is 4.42. The number of carbonyl (C=O) groups is 1. The zero-order valence-corrected chi connectivity index (χ0v) is 13.5. The van der Waals surface area contributed by atoms with E-state index in [0.717, 1.165) is 24.2 Å². The van der Waals surface area contributed by atoms with E-state index in [1.54, 1.807) is 0 Å². The Labute approximate surface area is 140 Å². The van der Waals surface area contributed by atoms with Crippen molar-refractivity contribution in [3.8, 4) is 11.5 Å². The second-order valence-corrected chi connectivity index (χ2v) is 5.99. The fraction of sp³-hybridized carbons (Fsp3) is 0.200. The monoisotopic (exact) mass is 318 g/mol. The average molecular weight is 318 g/mol. The minimum Gasteiger partial charge on any atom is -0.441 e. The smallest absolute Gasteiger partial charge is 0.233 e. The maximum absolute atomic E-state index is 12.7. The SMILES string of the molecule is Cc1oc(-c2ccccc2)nc1CC(=O)N1CCc2ccccc21. The van der Waals surface area contributed by atoms with Crippen LogP contribution < -0.4 is 4.90 Å². The van der Waals surface area contributed by atoms with E-state index in [1.165, 1.54) is 5.56 Å². The summed E-state index contributed by atoms with van der Waals surface area (Å²) >= 11 is 0. The Kier molecular flexibility index (Phi) is 3.65. The number of hydrogen-bond acceptors (Lipinski definition) is 3. The molecular weight excluding hydrogens is 300 g/mol. The Bertz CT molecular complexity index is 884. The second kappa shape index (κ2) is 5.96. The zero-order valence-electron chi connectivity index (χ0n) is 13.5. The Morgan fingerprint density at radius 2 is 1.88 bits per heavy atom. The third-order valence-corrected chi connectivity index (χ3v) is 4.42. The predicted octanol–water partition coefficient (Wildman–Crippen LogP) is 3.78. The molecule has 0 unspecified atom stereocenters. The van der Waals surface area contributed by atoms with Crippen molar-refractivity contribution >= 4 is 11.6 Å². The van der Waals surface area contributed by atoms with E-state index in [9.17, 15) is 4.79 Å². The number of aryl methyl sites for hydroxylation is 1. The van der Waals surface area contributed by atoms with E-state index in [4.69, 9.17) is 4.42 Å². The van der Waals surface area contributed by atoms with Crippen LogP contribution in [0.5, 0.6) is 0 Å². The van der Waals surface area contributed by atoms with E-state index in [2.05, 4.69) is 11.1 Å². The van der Waals surface area contributed by atoms with Gasteiger partial charge in [-0.25, -0.2) is 4.98 Å². The van der Waals surface area contributed by atoms with Crippen LogP contribution in [-0.4, -0.2) is 17.4 Å². The first kappa shape index (κ1) is 14.7. The molecule has 4 heteroatoms. The average Bonchev–Trinajstić information content (AvgIpc) is 3.20. The van der Waals surface area contributed by atoms with Crippen molar-refractivity contribution in [2.24, 2.45) is 0 Å². The maximum atomic E-state index is 12.7. The molecule has 1 aromatic heterocycles. The zero-order chi connectivity index (χ0) is 16.5. The standard InChI is InChI=1S/C20H18N2O2/c1-14-17(21-20(24-14)16-8-3-2-4-9-16)13-19(23)22-12-11-15-7-5-6-10-18(15)22/h2-10H,11-13H2,1H3. The van der Waals surface area contributed by atoms with Crippen molar-refractivity contribution in [1.82, 2.24) is 4.98 Å². The van der Waals surface area contributed by atoms with Gasteiger partial charge in [0.15, 0.2) is 0 Å². The molecule has 2 aromatic carbocycles. The topological polar surface area (TPSA) is 46.3 Å². The number of fused-ring (bicyclic) bond motifs is 1. The Morgan fingerprint density at radius 1 is 1.12 bits per heavy atom. The molecule has 0 spiro atoms. The van der Waals surface area contributed by atoms with E-state index in [0.29, 0.717) is 17.3 Å². The summed E-state index contributed by atoms with van der Waals surface area (Å²) in [5.74, 6) is 1.34. The molecule has 0 atom stereocenters. The highest BCUT2D eigenvalue weighted by atomic mass is 16.4. The normalized spacial score (nSPS) is 13.1. The molecule has 120 valence electrons. The molecule has 0 radical (unpaired) electrons. The lowest BCUT2D eigenvalue weighted by Crippen LogP contribution is -2.30. The highest BCUT2D eigenvalue weighted by molar-refractivity contribution is 5.96. The molecule has 1 aliphatic heterocycles. The molecule has 0 saturated carbocycles. The van der Waals surface area contributed by atoms with Crippen molar-refractivity contribution < 1.29 is 9.21 Å². The van der Waals surface area contributed by atoms with Gasteiger partial charge in [0.1, 0.15) is 5.76 Å². The Morgan fingerprint density at radius 3 is 2.71 bits per heavy atom. The van der Waals surface area contributed by atoms with Crippen LogP contribution in [-0.2, 0) is 17.6 Å². The van der Waals surface area contributed by atoms with Crippen LogP contribution in [0.2, 0.25) is 0 Å². The largest absolute Gasteiger partial charge is 0.441 e. The Balaban J connectivity index is 1.56. The van der Waals surface area contributed by atoms with Gasteiger partial charge in [0.25, 0.3) is 0 Å². The molecule has 0 N–H and O–H groups in total. The van der Waals surface area contributed by atoms with Gasteiger partial charge in [-0.1, -0.05) is 36.4 Å². The van der Waals surface area contributed by atoms with E-state index < -0.39 is 0 Å². The predicted molar refractivity (Wildman–Crippen MR) is 92.9 cm³/mol. The van der Waals surface area contributed by atoms with Crippen LogP contribution in [0.25, 0.3) is 11.5 Å². The van der Waals surface area contributed by atoms with Gasteiger partial charge in [-0.05, 0) is 37.1 Å². The molecule has 2 heterocycles. The summed E-state index contributed by atoms with van der Waals surface area (Å²) in [6.45, 7) is 2.60. The number of oxazole rings is 1. The van der Waals surface area contributed by atoms with Gasteiger partial charge in [-0.3, -0.25) is 4.79 Å². The van der Waals surface area contributed by atoms with Gasteiger partial charge in [0.05, 0.1) is 12.1 Å². The van der Waals surface area contributed by atoms with Crippen LogP contribution in [0.15, 0.2) is 59.0 Å². The van der Waals surface area contributed by atoms with E-state index >= 15 is 0 Å². The molecule has 24 heavy (non-hydrogen) atoms. The number of hydrogen-bond donors (Lipinski definition) is 0. The number of aromatic nitrogens is 1. The van der Waals surface area contributed by atoms with Crippen LogP contribution >= 0.6 is 0 Å². The van der Waals surface area contributed by atoms with Gasteiger partial charge >= 0.3 is 0 Å². The van der Waals surface area contributed by atoms with Gasteiger partial charge < -0.3 is 9.32 Å². The molecule has 0 saturated heterocycles. The van der Waals surface area contributed by atoms with Crippen molar-refractivity contribution in [2.75, 3.05) is 11.4 Å². The summed E-state index contributed by atoms with van der Waals surface area (Å²) in [5.41, 5.74) is 3.88. The Hall–Kier alpha value is -2.88.